The lowest BCUT2D eigenvalue weighted by Gasteiger charge is -2.15. The first kappa shape index (κ1) is 21.4. The van der Waals surface area contributed by atoms with Gasteiger partial charge in [0.05, 0.1) is 36.5 Å². The monoisotopic (exact) mass is 417 g/mol. The molecule has 8 heteroatoms. The van der Waals surface area contributed by atoms with Crippen LogP contribution in [0, 0.1) is 6.92 Å². The van der Waals surface area contributed by atoms with E-state index in [4.69, 9.17) is 4.74 Å². The van der Waals surface area contributed by atoms with Gasteiger partial charge in [-0.25, -0.2) is 4.68 Å². The molecule has 0 radical (unpaired) electrons. The van der Waals surface area contributed by atoms with Gasteiger partial charge in [-0.15, -0.1) is 0 Å². The fourth-order valence-corrected chi connectivity index (χ4v) is 3.09. The SMILES string of the molecule is Cc1c([C@@H](C)NC(=O)CCOc2ccccc2)cnn1-c1cccc(C(F)(F)F)c1. The second-order valence-corrected chi connectivity index (χ2v) is 6.85. The lowest BCUT2D eigenvalue weighted by atomic mass is 10.1. The molecule has 3 rings (SSSR count). The number of ether oxygens (including phenoxy) is 1. The first-order valence-corrected chi connectivity index (χ1v) is 9.45. The highest BCUT2D eigenvalue weighted by Gasteiger charge is 2.30. The van der Waals surface area contributed by atoms with Gasteiger partial charge in [-0.2, -0.15) is 18.3 Å². The number of carbonyl (C=O) groups excluding carboxylic acids is 1. The molecular weight excluding hydrogens is 395 g/mol. The highest BCUT2D eigenvalue weighted by Crippen LogP contribution is 2.31. The van der Waals surface area contributed by atoms with E-state index in [9.17, 15) is 18.0 Å². The molecule has 2 aromatic carbocycles. The Balaban J connectivity index is 1.63. The van der Waals surface area contributed by atoms with Crippen LogP contribution >= 0.6 is 0 Å². The number of para-hydroxylation sites is 1. The normalized spacial score (nSPS) is 12.4. The Morgan fingerprint density at radius 2 is 1.90 bits per heavy atom. The fourth-order valence-electron chi connectivity index (χ4n) is 3.09. The third kappa shape index (κ3) is 5.20. The quantitative estimate of drug-likeness (QED) is 0.598. The molecule has 0 aliphatic rings. The number of benzene rings is 2. The van der Waals surface area contributed by atoms with Crippen molar-refractivity contribution in [1.82, 2.24) is 15.1 Å². The van der Waals surface area contributed by atoms with E-state index < -0.39 is 11.7 Å². The topological polar surface area (TPSA) is 56.1 Å². The van der Waals surface area contributed by atoms with Crippen LogP contribution in [-0.2, 0) is 11.0 Å². The summed E-state index contributed by atoms with van der Waals surface area (Å²) in [5.74, 6) is 0.501. The summed E-state index contributed by atoms with van der Waals surface area (Å²) in [5, 5.41) is 7.08. The van der Waals surface area contributed by atoms with Gasteiger partial charge in [-0.05, 0) is 44.2 Å². The van der Waals surface area contributed by atoms with Crippen molar-refractivity contribution < 1.29 is 22.7 Å². The van der Waals surface area contributed by atoms with Gasteiger partial charge >= 0.3 is 6.18 Å². The summed E-state index contributed by atoms with van der Waals surface area (Å²) in [6, 6.07) is 13.8. The second kappa shape index (κ2) is 9.02. The van der Waals surface area contributed by atoms with E-state index in [0.29, 0.717) is 17.1 Å². The zero-order valence-electron chi connectivity index (χ0n) is 16.6. The molecule has 0 saturated carbocycles. The van der Waals surface area contributed by atoms with Crippen molar-refractivity contribution in [2.24, 2.45) is 0 Å². The molecule has 158 valence electrons. The van der Waals surface area contributed by atoms with Gasteiger partial charge in [-0.3, -0.25) is 4.79 Å². The molecule has 1 aromatic heterocycles. The number of carbonyl (C=O) groups is 1. The summed E-state index contributed by atoms with van der Waals surface area (Å²) < 4.78 is 45.9. The molecule has 0 bridgehead atoms. The number of hydrogen-bond donors (Lipinski definition) is 1. The lowest BCUT2D eigenvalue weighted by molar-refractivity contribution is -0.137. The van der Waals surface area contributed by atoms with Crippen LogP contribution < -0.4 is 10.1 Å². The number of nitrogens with zero attached hydrogens (tertiary/aromatic N) is 2. The lowest BCUT2D eigenvalue weighted by Crippen LogP contribution is -2.28. The Labute approximate surface area is 172 Å². The van der Waals surface area contributed by atoms with Crippen molar-refractivity contribution in [3.63, 3.8) is 0 Å². The van der Waals surface area contributed by atoms with Crippen molar-refractivity contribution in [2.75, 3.05) is 6.61 Å². The number of amides is 1. The third-order valence-corrected chi connectivity index (χ3v) is 4.65. The molecule has 0 spiro atoms. The zero-order valence-corrected chi connectivity index (χ0v) is 16.6. The van der Waals surface area contributed by atoms with Gasteiger partial charge in [0.15, 0.2) is 0 Å². The Morgan fingerprint density at radius 1 is 1.17 bits per heavy atom. The van der Waals surface area contributed by atoms with Gasteiger partial charge in [-0.1, -0.05) is 24.3 Å². The van der Waals surface area contributed by atoms with Crippen LogP contribution in [0.5, 0.6) is 5.75 Å². The van der Waals surface area contributed by atoms with Crippen molar-refractivity contribution in [3.05, 3.63) is 77.6 Å². The number of nitrogens with one attached hydrogen (secondary N) is 1. The van der Waals surface area contributed by atoms with Crippen molar-refractivity contribution >= 4 is 5.91 Å². The predicted molar refractivity (Wildman–Crippen MR) is 106 cm³/mol. The molecule has 0 fully saturated rings. The average molecular weight is 417 g/mol. The van der Waals surface area contributed by atoms with Crippen LogP contribution in [0.25, 0.3) is 5.69 Å². The van der Waals surface area contributed by atoms with Crippen molar-refractivity contribution in [2.45, 2.75) is 32.5 Å². The van der Waals surface area contributed by atoms with E-state index >= 15 is 0 Å². The fraction of sp³-hybridized carbons (Fsp3) is 0.273. The van der Waals surface area contributed by atoms with E-state index in [2.05, 4.69) is 10.4 Å². The summed E-state index contributed by atoms with van der Waals surface area (Å²) >= 11 is 0. The van der Waals surface area contributed by atoms with E-state index in [1.807, 2.05) is 30.3 Å². The molecule has 5 nitrogen and oxygen atoms in total. The average Bonchev–Trinajstić information content (AvgIpc) is 3.10. The number of halogens is 3. The molecule has 1 amide bonds. The molecule has 0 aliphatic carbocycles. The minimum atomic E-state index is -4.43. The number of hydrogen-bond acceptors (Lipinski definition) is 3. The molecule has 1 heterocycles. The first-order valence-electron chi connectivity index (χ1n) is 9.45. The van der Waals surface area contributed by atoms with Crippen LogP contribution in [0.2, 0.25) is 0 Å². The standard InChI is InChI=1S/C22H22F3N3O2/c1-15(27-21(29)11-12-30-19-9-4-3-5-10-19)20-14-26-28(16(20)2)18-8-6-7-17(13-18)22(23,24)25/h3-10,13-15H,11-12H2,1-2H3,(H,27,29)/t15-/m1/s1. The molecule has 1 N–H and O–H groups in total. The van der Waals surface area contributed by atoms with Crippen LogP contribution in [-0.4, -0.2) is 22.3 Å². The largest absolute Gasteiger partial charge is 0.493 e. The van der Waals surface area contributed by atoms with E-state index in [1.54, 1.807) is 26.1 Å². The van der Waals surface area contributed by atoms with E-state index in [-0.39, 0.29) is 25.0 Å². The van der Waals surface area contributed by atoms with Gasteiger partial charge in [0.25, 0.3) is 0 Å². The Bertz CT molecular complexity index is 1000. The van der Waals surface area contributed by atoms with E-state index in [0.717, 1.165) is 17.7 Å². The maximum atomic E-state index is 13.0. The highest BCUT2D eigenvalue weighted by molar-refractivity contribution is 5.76. The Morgan fingerprint density at radius 3 is 2.60 bits per heavy atom. The molecule has 30 heavy (non-hydrogen) atoms. The smallest absolute Gasteiger partial charge is 0.416 e. The van der Waals surface area contributed by atoms with Gasteiger partial charge in [0.1, 0.15) is 5.75 Å². The minimum Gasteiger partial charge on any atom is -0.493 e. The first-order chi connectivity index (χ1) is 14.3. The maximum Gasteiger partial charge on any atom is 0.416 e. The summed E-state index contributed by atoms with van der Waals surface area (Å²) in [7, 11) is 0. The van der Waals surface area contributed by atoms with Crippen molar-refractivity contribution in [1.29, 1.82) is 0 Å². The molecule has 0 aliphatic heterocycles. The summed E-state index contributed by atoms with van der Waals surface area (Å²) in [4.78, 5) is 12.2. The maximum absolute atomic E-state index is 13.0. The summed E-state index contributed by atoms with van der Waals surface area (Å²) in [5.41, 5.74) is 0.951. The second-order valence-electron chi connectivity index (χ2n) is 6.85. The van der Waals surface area contributed by atoms with Crippen LogP contribution in [0.1, 0.15) is 36.2 Å². The predicted octanol–water partition coefficient (Wildman–Crippen LogP) is 4.85. The Hall–Kier alpha value is -3.29. The number of aromatic nitrogens is 2. The highest BCUT2D eigenvalue weighted by atomic mass is 19.4. The van der Waals surface area contributed by atoms with E-state index in [1.165, 1.54) is 10.7 Å². The summed E-state index contributed by atoms with van der Waals surface area (Å²) in [6.45, 7) is 3.80. The van der Waals surface area contributed by atoms with Crippen molar-refractivity contribution in [3.8, 4) is 11.4 Å². The Kier molecular flexibility index (Phi) is 6.44. The molecular formula is C22H22F3N3O2. The minimum absolute atomic E-state index is 0.181. The number of rotatable bonds is 7. The zero-order chi connectivity index (χ0) is 21.7. The van der Waals surface area contributed by atoms with Gasteiger partial charge in [0.2, 0.25) is 5.91 Å². The molecule has 0 unspecified atom stereocenters. The van der Waals surface area contributed by atoms with Gasteiger partial charge < -0.3 is 10.1 Å². The third-order valence-electron chi connectivity index (χ3n) is 4.65. The molecule has 3 aromatic rings. The number of alkyl halides is 3. The molecule has 0 saturated heterocycles. The van der Waals surface area contributed by atoms with Crippen LogP contribution in [0.15, 0.2) is 60.8 Å². The van der Waals surface area contributed by atoms with Crippen LogP contribution in [0.3, 0.4) is 0 Å². The van der Waals surface area contributed by atoms with Gasteiger partial charge in [0, 0.05) is 11.3 Å². The van der Waals surface area contributed by atoms with Crippen LogP contribution in [0.4, 0.5) is 13.2 Å². The summed E-state index contributed by atoms with van der Waals surface area (Å²) in [6.07, 6.45) is -2.69. The molecule has 1 atom stereocenters.